The number of rotatable bonds is 3. The molecule has 0 heterocycles. The largest absolute Gasteiger partial charge is 0.326 e. The molecule has 0 unspecified atom stereocenters. The lowest BCUT2D eigenvalue weighted by molar-refractivity contribution is 0.766. The maximum atomic E-state index is 5.86. The highest BCUT2D eigenvalue weighted by atomic mass is 79.9. The van der Waals surface area contributed by atoms with Gasteiger partial charge in [0, 0.05) is 11.0 Å². The molecule has 1 aliphatic rings. The molecular weight excluding hydrogens is 406 g/mol. The van der Waals surface area contributed by atoms with Crippen LogP contribution < -0.4 is 5.73 Å². The molecule has 0 fully saturated rings. The SMILES string of the molecule is NCc1ccc(C2(c3cccc(Br)c3)c3ccccc3-c3ccccc32)cc1. The molecule has 0 saturated heterocycles. The lowest BCUT2D eigenvalue weighted by atomic mass is 9.67. The van der Waals surface area contributed by atoms with E-state index in [0.29, 0.717) is 6.54 Å². The summed E-state index contributed by atoms with van der Waals surface area (Å²) in [5.41, 5.74) is 14.5. The molecule has 0 bridgehead atoms. The zero-order chi connectivity index (χ0) is 19.1. The van der Waals surface area contributed by atoms with Crippen LogP contribution in [0.25, 0.3) is 11.1 Å². The van der Waals surface area contributed by atoms with Gasteiger partial charge in [0.2, 0.25) is 0 Å². The van der Waals surface area contributed by atoms with Crippen molar-refractivity contribution in [3.63, 3.8) is 0 Å². The molecule has 28 heavy (non-hydrogen) atoms. The minimum atomic E-state index is -0.343. The van der Waals surface area contributed by atoms with Gasteiger partial charge in [-0.25, -0.2) is 0 Å². The van der Waals surface area contributed by atoms with E-state index in [1.807, 2.05) is 0 Å². The maximum Gasteiger partial charge on any atom is 0.0713 e. The first-order chi connectivity index (χ1) is 13.7. The van der Waals surface area contributed by atoms with Crippen LogP contribution in [0.2, 0.25) is 0 Å². The molecule has 5 rings (SSSR count). The summed E-state index contributed by atoms with van der Waals surface area (Å²) < 4.78 is 1.09. The van der Waals surface area contributed by atoms with Gasteiger partial charge in [0.05, 0.1) is 5.41 Å². The highest BCUT2D eigenvalue weighted by Crippen LogP contribution is 2.56. The van der Waals surface area contributed by atoms with E-state index in [2.05, 4.69) is 113 Å². The molecule has 0 spiro atoms. The van der Waals surface area contributed by atoms with Crippen LogP contribution >= 0.6 is 15.9 Å². The van der Waals surface area contributed by atoms with Crippen molar-refractivity contribution in [2.75, 3.05) is 0 Å². The summed E-state index contributed by atoms with van der Waals surface area (Å²) in [4.78, 5) is 0. The van der Waals surface area contributed by atoms with Gasteiger partial charge in [0.1, 0.15) is 0 Å². The number of hydrogen-bond donors (Lipinski definition) is 1. The Morgan fingerprint density at radius 1 is 0.643 bits per heavy atom. The Morgan fingerprint density at radius 3 is 1.82 bits per heavy atom. The zero-order valence-electron chi connectivity index (χ0n) is 15.4. The predicted molar refractivity (Wildman–Crippen MR) is 119 cm³/mol. The molecule has 1 nitrogen and oxygen atoms in total. The van der Waals surface area contributed by atoms with E-state index < -0.39 is 0 Å². The Bertz CT molecular complexity index is 1120. The van der Waals surface area contributed by atoms with Crippen LogP contribution in [0.5, 0.6) is 0 Å². The summed E-state index contributed by atoms with van der Waals surface area (Å²) >= 11 is 3.69. The van der Waals surface area contributed by atoms with Crippen LogP contribution in [0.4, 0.5) is 0 Å². The lowest BCUT2D eigenvalue weighted by Crippen LogP contribution is -2.28. The summed E-state index contributed by atoms with van der Waals surface area (Å²) in [6.07, 6.45) is 0. The molecule has 2 heteroatoms. The first kappa shape index (κ1) is 17.4. The molecule has 0 aromatic heterocycles. The Balaban J connectivity index is 1.93. The fraction of sp³-hybridized carbons (Fsp3) is 0.0769. The van der Waals surface area contributed by atoms with E-state index in [-0.39, 0.29) is 5.41 Å². The number of nitrogens with two attached hydrogens (primary N) is 1. The summed E-state index contributed by atoms with van der Waals surface area (Å²) in [5, 5.41) is 0. The number of benzene rings is 4. The highest BCUT2D eigenvalue weighted by Gasteiger charge is 2.45. The van der Waals surface area contributed by atoms with Crippen molar-refractivity contribution < 1.29 is 0 Å². The smallest absolute Gasteiger partial charge is 0.0713 e. The average molecular weight is 426 g/mol. The Hall–Kier alpha value is -2.68. The third kappa shape index (κ3) is 2.42. The van der Waals surface area contributed by atoms with Gasteiger partial charge in [0.25, 0.3) is 0 Å². The second kappa shape index (κ2) is 6.73. The minimum absolute atomic E-state index is 0.343. The molecule has 0 amide bonds. The quantitative estimate of drug-likeness (QED) is 0.362. The van der Waals surface area contributed by atoms with Crippen molar-refractivity contribution in [3.8, 4) is 11.1 Å². The van der Waals surface area contributed by atoms with Crippen LogP contribution in [-0.2, 0) is 12.0 Å². The second-order valence-corrected chi connectivity index (χ2v) is 8.17. The summed E-state index contributed by atoms with van der Waals surface area (Å²) in [5.74, 6) is 0. The molecule has 136 valence electrons. The van der Waals surface area contributed by atoms with Gasteiger partial charge in [-0.1, -0.05) is 101 Å². The zero-order valence-corrected chi connectivity index (χ0v) is 17.0. The molecule has 0 atom stereocenters. The Labute approximate surface area is 174 Å². The number of hydrogen-bond acceptors (Lipinski definition) is 1. The summed E-state index contributed by atoms with van der Waals surface area (Å²) in [6.45, 7) is 0.553. The molecule has 4 aromatic rings. The van der Waals surface area contributed by atoms with Crippen molar-refractivity contribution in [1.29, 1.82) is 0 Å². The van der Waals surface area contributed by atoms with Crippen molar-refractivity contribution in [3.05, 3.63) is 129 Å². The average Bonchev–Trinajstić information content (AvgIpc) is 3.05. The molecule has 0 radical (unpaired) electrons. The van der Waals surface area contributed by atoms with Crippen LogP contribution in [0, 0.1) is 0 Å². The summed E-state index contributed by atoms with van der Waals surface area (Å²) in [7, 11) is 0. The van der Waals surface area contributed by atoms with Gasteiger partial charge in [-0.3, -0.25) is 0 Å². The standard InChI is InChI=1S/C26H20BrN/c27-21-7-5-6-20(16-21)26(19-14-12-18(17-28)13-15-19)24-10-3-1-8-22(24)23-9-2-4-11-25(23)26/h1-16H,17,28H2. The van der Waals surface area contributed by atoms with Crippen LogP contribution in [0.3, 0.4) is 0 Å². The van der Waals surface area contributed by atoms with Gasteiger partial charge in [-0.05, 0) is 51.1 Å². The third-order valence-corrected chi connectivity index (χ3v) is 6.33. The Morgan fingerprint density at radius 2 is 1.25 bits per heavy atom. The van der Waals surface area contributed by atoms with Crippen molar-refractivity contribution in [1.82, 2.24) is 0 Å². The molecule has 0 saturated carbocycles. The molecule has 4 aromatic carbocycles. The summed E-state index contributed by atoms with van der Waals surface area (Å²) in [6, 6.07) is 35.0. The fourth-order valence-electron chi connectivity index (χ4n) is 4.64. The van der Waals surface area contributed by atoms with Crippen LogP contribution in [0.15, 0.2) is 102 Å². The first-order valence-electron chi connectivity index (χ1n) is 9.50. The van der Waals surface area contributed by atoms with E-state index >= 15 is 0 Å². The third-order valence-electron chi connectivity index (χ3n) is 5.83. The van der Waals surface area contributed by atoms with Gasteiger partial charge < -0.3 is 5.73 Å². The maximum absolute atomic E-state index is 5.86. The van der Waals surface area contributed by atoms with Crippen molar-refractivity contribution in [2.24, 2.45) is 5.73 Å². The van der Waals surface area contributed by atoms with Crippen LogP contribution in [-0.4, -0.2) is 0 Å². The van der Waals surface area contributed by atoms with E-state index in [4.69, 9.17) is 5.73 Å². The second-order valence-electron chi connectivity index (χ2n) is 7.25. The fourth-order valence-corrected chi connectivity index (χ4v) is 5.04. The normalized spacial score (nSPS) is 13.8. The van der Waals surface area contributed by atoms with E-state index in [1.165, 1.54) is 33.4 Å². The number of halogens is 1. The van der Waals surface area contributed by atoms with Gasteiger partial charge in [-0.15, -0.1) is 0 Å². The van der Waals surface area contributed by atoms with E-state index in [1.54, 1.807) is 0 Å². The molecule has 1 aliphatic carbocycles. The molecular formula is C26H20BrN. The first-order valence-corrected chi connectivity index (χ1v) is 10.3. The van der Waals surface area contributed by atoms with E-state index in [0.717, 1.165) is 10.0 Å². The predicted octanol–water partition coefficient (Wildman–Crippen LogP) is 6.27. The highest BCUT2D eigenvalue weighted by molar-refractivity contribution is 9.10. The van der Waals surface area contributed by atoms with E-state index in [9.17, 15) is 0 Å². The minimum Gasteiger partial charge on any atom is -0.326 e. The number of fused-ring (bicyclic) bond motifs is 3. The Kier molecular flexibility index (Phi) is 4.19. The molecule has 0 aliphatic heterocycles. The van der Waals surface area contributed by atoms with Gasteiger partial charge in [-0.2, -0.15) is 0 Å². The monoisotopic (exact) mass is 425 g/mol. The molecule has 2 N–H and O–H groups in total. The lowest BCUT2D eigenvalue weighted by Gasteiger charge is -2.34. The topological polar surface area (TPSA) is 26.0 Å². The van der Waals surface area contributed by atoms with Gasteiger partial charge in [0.15, 0.2) is 0 Å². The van der Waals surface area contributed by atoms with Crippen LogP contribution in [0.1, 0.15) is 27.8 Å². The van der Waals surface area contributed by atoms with Gasteiger partial charge >= 0.3 is 0 Å². The van der Waals surface area contributed by atoms with Crippen molar-refractivity contribution in [2.45, 2.75) is 12.0 Å². The van der Waals surface area contributed by atoms with Crippen molar-refractivity contribution >= 4 is 15.9 Å².